The molecule has 3 aromatic carbocycles. The van der Waals surface area contributed by atoms with Crippen LogP contribution in [0.25, 0.3) is 17.3 Å². The second-order valence-electron chi connectivity index (χ2n) is 10.5. The number of para-hydroxylation sites is 1. The van der Waals surface area contributed by atoms with Crippen molar-refractivity contribution in [1.29, 1.82) is 0 Å². The van der Waals surface area contributed by atoms with Crippen LogP contribution in [0, 0.1) is 0 Å². The maximum atomic E-state index is 12.6. The fourth-order valence-corrected chi connectivity index (χ4v) is 5.15. The number of carboxylic acids is 2. The first-order valence-corrected chi connectivity index (χ1v) is 14.8. The first-order chi connectivity index (χ1) is 22.3. The number of fused-ring (bicyclic) bond motifs is 1. The minimum Gasteiger partial charge on any atom is -0.497 e. The van der Waals surface area contributed by atoms with Gasteiger partial charge in [0.1, 0.15) is 29.5 Å². The van der Waals surface area contributed by atoms with Gasteiger partial charge in [0.25, 0.3) is 0 Å². The summed E-state index contributed by atoms with van der Waals surface area (Å²) in [5.41, 5.74) is 2.79. The van der Waals surface area contributed by atoms with Crippen LogP contribution >= 0.6 is 0 Å². The van der Waals surface area contributed by atoms with Gasteiger partial charge in [-0.3, -0.25) is 0 Å². The molecule has 12 heteroatoms. The third-order valence-corrected chi connectivity index (χ3v) is 7.51. The van der Waals surface area contributed by atoms with Gasteiger partial charge in [-0.05, 0) is 36.8 Å². The number of carbonyl (C=O) groups is 2. The van der Waals surface area contributed by atoms with Crippen molar-refractivity contribution in [2.45, 2.75) is 51.9 Å². The fourth-order valence-electron chi connectivity index (χ4n) is 5.15. The molecule has 0 bridgehead atoms. The van der Waals surface area contributed by atoms with Crippen LogP contribution in [0.2, 0.25) is 0 Å². The number of aromatic carboxylic acids is 1. The molecule has 1 aromatic heterocycles. The minimum atomic E-state index is -1.15. The molecule has 0 saturated heterocycles. The van der Waals surface area contributed by atoms with Crippen molar-refractivity contribution >= 4 is 18.0 Å². The van der Waals surface area contributed by atoms with Gasteiger partial charge in [0.05, 0.1) is 24.5 Å². The van der Waals surface area contributed by atoms with Crippen LogP contribution in [0.1, 0.15) is 59.5 Å². The number of methoxy groups -OCH3 is 2. The second-order valence-corrected chi connectivity index (χ2v) is 10.5. The average Bonchev–Trinajstić information content (AvgIpc) is 3.47. The summed E-state index contributed by atoms with van der Waals surface area (Å²) in [6.45, 7) is 1.55. The standard InChI is InChI=1S/C34H35N3O9/c1-4-5-16-37-31(26-15-14-23(42-2)19-29(26)44-20-21-10-6-7-11-24(21)33(40)41)27(35-36-37)17-22(32(38)39)18-30-25-12-8-9-13-28(25)45-34(43-3)46-30/h6-15,17,19,30,34H,4-5,16,18,20H2,1-3H3,(H,38,39)(H,40,41)/b22-17+. The van der Waals surface area contributed by atoms with Crippen molar-refractivity contribution in [3.63, 3.8) is 0 Å². The number of aromatic nitrogens is 3. The van der Waals surface area contributed by atoms with Crippen LogP contribution < -0.4 is 14.2 Å². The Morgan fingerprint density at radius 3 is 2.57 bits per heavy atom. The van der Waals surface area contributed by atoms with Gasteiger partial charge < -0.3 is 33.9 Å². The first kappa shape index (κ1) is 32.2. The Morgan fingerprint density at radius 1 is 1.04 bits per heavy atom. The summed E-state index contributed by atoms with van der Waals surface area (Å²) in [6.07, 6.45) is 2.52. The van der Waals surface area contributed by atoms with Gasteiger partial charge in [0.2, 0.25) is 0 Å². The Kier molecular flexibility index (Phi) is 10.3. The molecule has 46 heavy (non-hydrogen) atoms. The second kappa shape index (κ2) is 14.7. The lowest BCUT2D eigenvalue weighted by atomic mass is 9.98. The zero-order valence-electron chi connectivity index (χ0n) is 25.7. The number of hydrogen-bond acceptors (Lipinski definition) is 9. The Hall–Kier alpha value is -5.20. The highest BCUT2D eigenvalue weighted by Crippen LogP contribution is 2.40. The van der Waals surface area contributed by atoms with Gasteiger partial charge in [-0.25, -0.2) is 14.3 Å². The summed E-state index contributed by atoms with van der Waals surface area (Å²) in [4.78, 5) is 24.4. The number of unbranched alkanes of at least 4 members (excludes halogenated alkanes) is 1. The molecule has 0 fully saturated rings. The van der Waals surface area contributed by atoms with Gasteiger partial charge >= 0.3 is 18.4 Å². The number of rotatable bonds is 14. The highest BCUT2D eigenvalue weighted by atomic mass is 16.8. The summed E-state index contributed by atoms with van der Waals surface area (Å²) in [6, 6.07) is 19.1. The molecule has 0 amide bonds. The molecule has 2 heterocycles. The highest BCUT2D eigenvalue weighted by molar-refractivity contribution is 5.93. The van der Waals surface area contributed by atoms with Crippen LogP contribution in [0.3, 0.4) is 0 Å². The number of hydrogen-bond donors (Lipinski definition) is 2. The Labute approximate surface area is 265 Å². The smallest absolute Gasteiger partial charge is 0.336 e. The number of nitrogens with zero attached hydrogens (tertiary/aromatic N) is 3. The van der Waals surface area contributed by atoms with E-state index in [1.165, 1.54) is 26.4 Å². The van der Waals surface area contributed by atoms with Crippen molar-refractivity contribution in [1.82, 2.24) is 15.0 Å². The van der Waals surface area contributed by atoms with E-state index in [0.29, 0.717) is 51.9 Å². The van der Waals surface area contributed by atoms with Gasteiger partial charge in [0.15, 0.2) is 0 Å². The molecule has 1 aliphatic rings. The number of carboxylic acid groups (broad SMARTS) is 2. The Morgan fingerprint density at radius 2 is 1.83 bits per heavy atom. The van der Waals surface area contributed by atoms with E-state index in [0.717, 1.165) is 12.8 Å². The lowest BCUT2D eigenvalue weighted by Gasteiger charge is -2.31. The molecule has 0 aliphatic carbocycles. The van der Waals surface area contributed by atoms with E-state index < -0.39 is 24.5 Å². The fraction of sp³-hybridized carbons (Fsp3) is 0.294. The third kappa shape index (κ3) is 7.19. The van der Waals surface area contributed by atoms with Crippen LogP contribution in [0.15, 0.2) is 72.3 Å². The molecule has 12 nitrogen and oxygen atoms in total. The van der Waals surface area contributed by atoms with Crippen LogP contribution in [0.5, 0.6) is 17.2 Å². The molecular weight excluding hydrogens is 594 g/mol. The molecule has 4 aromatic rings. The lowest BCUT2D eigenvalue weighted by molar-refractivity contribution is -0.268. The summed E-state index contributed by atoms with van der Waals surface area (Å²) in [5, 5.41) is 28.8. The topological polar surface area (TPSA) is 151 Å². The molecule has 0 spiro atoms. The summed E-state index contributed by atoms with van der Waals surface area (Å²) < 4.78 is 30.3. The monoisotopic (exact) mass is 629 g/mol. The van der Waals surface area contributed by atoms with Gasteiger partial charge in [-0.15, -0.1) is 5.10 Å². The summed E-state index contributed by atoms with van der Waals surface area (Å²) in [7, 11) is 2.98. The molecule has 240 valence electrons. The predicted octanol–water partition coefficient (Wildman–Crippen LogP) is 5.97. The summed E-state index contributed by atoms with van der Waals surface area (Å²) in [5.74, 6) is -0.758. The van der Waals surface area contributed by atoms with Crippen molar-refractivity contribution in [2.24, 2.45) is 0 Å². The molecular formula is C34H35N3O9. The molecule has 0 saturated carbocycles. The number of ether oxygens (including phenoxy) is 5. The normalized spacial score (nSPS) is 15.9. The van der Waals surface area contributed by atoms with E-state index >= 15 is 0 Å². The molecule has 2 atom stereocenters. The van der Waals surface area contributed by atoms with Gasteiger partial charge in [-0.2, -0.15) is 0 Å². The van der Waals surface area contributed by atoms with Crippen LogP contribution in [-0.2, 0) is 27.4 Å². The van der Waals surface area contributed by atoms with E-state index in [-0.39, 0.29) is 24.2 Å². The van der Waals surface area contributed by atoms with E-state index in [2.05, 4.69) is 17.2 Å². The van der Waals surface area contributed by atoms with Crippen molar-refractivity contribution in [3.05, 3.63) is 94.7 Å². The molecule has 1 aliphatic heterocycles. The lowest BCUT2D eigenvalue weighted by Crippen LogP contribution is -2.30. The summed E-state index contributed by atoms with van der Waals surface area (Å²) >= 11 is 0. The number of aliphatic carboxylic acids is 1. The van der Waals surface area contributed by atoms with Crippen molar-refractivity contribution < 1.29 is 43.5 Å². The highest BCUT2D eigenvalue weighted by Gasteiger charge is 2.31. The van der Waals surface area contributed by atoms with Crippen molar-refractivity contribution in [3.8, 4) is 28.5 Å². The first-order valence-electron chi connectivity index (χ1n) is 14.8. The zero-order chi connectivity index (χ0) is 32.6. The minimum absolute atomic E-state index is 0.00519. The van der Waals surface area contributed by atoms with Crippen molar-refractivity contribution in [2.75, 3.05) is 14.2 Å². The zero-order valence-corrected chi connectivity index (χ0v) is 25.7. The van der Waals surface area contributed by atoms with Crippen LogP contribution in [-0.4, -0.2) is 57.8 Å². The largest absolute Gasteiger partial charge is 0.497 e. The predicted molar refractivity (Wildman–Crippen MR) is 167 cm³/mol. The SMILES string of the molecule is CCCCn1nnc(/C=C(\CC2OC(OC)Oc3ccccc32)C(=O)O)c1-c1ccc(OC)cc1OCc1ccccc1C(=O)O. The molecule has 2 N–H and O–H groups in total. The van der Waals surface area contributed by atoms with Gasteiger partial charge in [0, 0.05) is 48.4 Å². The van der Waals surface area contributed by atoms with Gasteiger partial charge in [-0.1, -0.05) is 55.0 Å². The maximum absolute atomic E-state index is 12.6. The number of benzene rings is 3. The van der Waals surface area contributed by atoms with E-state index in [4.69, 9.17) is 23.7 Å². The quantitative estimate of drug-likeness (QED) is 0.159. The number of aryl methyl sites for hydroxylation is 1. The third-order valence-electron chi connectivity index (χ3n) is 7.51. The Balaban J connectivity index is 1.56. The molecule has 5 rings (SSSR count). The Bertz CT molecular complexity index is 1730. The van der Waals surface area contributed by atoms with E-state index in [1.54, 1.807) is 47.1 Å². The maximum Gasteiger partial charge on any atom is 0.336 e. The van der Waals surface area contributed by atoms with E-state index in [9.17, 15) is 19.8 Å². The van der Waals surface area contributed by atoms with Crippen LogP contribution in [0.4, 0.5) is 0 Å². The molecule has 2 unspecified atom stereocenters. The van der Waals surface area contributed by atoms with E-state index in [1.807, 2.05) is 18.2 Å². The molecule has 0 radical (unpaired) electrons. The average molecular weight is 630 g/mol.